The molecule has 1 rings (SSSR count). The Balaban J connectivity index is 3.57. The molecule has 0 fully saturated rings. The maximum atomic E-state index is 12.2. The molecule has 1 unspecified atom stereocenters. The number of benzene rings is 1. The minimum atomic E-state index is -3.68. The van der Waals surface area contributed by atoms with Gasteiger partial charge in [0.05, 0.1) is 20.7 Å². The number of halogens is 2. The van der Waals surface area contributed by atoms with E-state index in [4.69, 9.17) is 28.3 Å². The minimum Gasteiger partial charge on any atom is -0.478 e. The number of carboxylic acids is 1. The highest BCUT2D eigenvalue weighted by atomic mass is 35.5. The number of hydrogen-bond donors (Lipinski definition) is 1. The van der Waals surface area contributed by atoms with Crippen LogP contribution in [0.3, 0.4) is 0 Å². The quantitative estimate of drug-likeness (QED) is 0.926. The maximum absolute atomic E-state index is 12.2. The second-order valence-electron chi connectivity index (χ2n) is 3.83. The molecule has 100 valence electrons. The van der Waals surface area contributed by atoms with Gasteiger partial charge < -0.3 is 5.11 Å². The zero-order chi connectivity index (χ0) is 14.1. The molecule has 0 heterocycles. The molecular formula is C11H12Cl2O4S. The summed E-state index contributed by atoms with van der Waals surface area (Å²) in [6, 6.07) is 2.31. The van der Waals surface area contributed by atoms with Crippen molar-refractivity contribution >= 4 is 39.0 Å². The van der Waals surface area contributed by atoms with Crippen molar-refractivity contribution in [2.45, 2.75) is 30.4 Å². The fourth-order valence-corrected chi connectivity index (χ4v) is 3.68. The van der Waals surface area contributed by atoms with E-state index in [2.05, 4.69) is 0 Å². The Hall–Kier alpha value is -0.780. The first-order valence-electron chi connectivity index (χ1n) is 5.18. The summed E-state index contributed by atoms with van der Waals surface area (Å²) in [5, 5.41) is 8.01. The molecule has 7 heteroatoms. The molecule has 0 aromatic heterocycles. The Morgan fingerprint density at radius 1 is 1.39 bits per heavy atom. The molecule has 0 aliphatic rings. The highest BCUT2D eigenvalue weighted by Gasteiger charge is 2.27. The van der Waals surface area contributed by atoms with Gasteiger partial charge in [-0.3, -0.25) is 0 Å². The van der Waals surface area contributed by atoms with Crippen molar-refractivity contribution in [1.82, 2.24) is 0 Å². The monoisotopic (exact) mass is 310 g/mol. The van der Waals surface area contributed by atoms with Crippen LogP contribution in [0.2, 0.25) is 10.0 Å². The van der Waals surface area contributed by atoms with Crippen molar-refractivity contribution in [3.63, 3.8) is 0 Å². The van der Waals surface area contributed by atoms with Crippen molar-refractivity contribution in [3.05, 3.63) is 27.7 Å². The minimum absolute atomic E-state index is 0.0266. The Morgan fingerprint density at radius 2 is 1.94 bits per heavy atom. The van der Waals surface area contributed by atoms with Crippen molar-refractivity contribution in [2.75, 3.05) is 0 Å². The summed E-state index contributed by atoms with van der Waals surface area (Å²) < 4.78 is 24.4. The Bertz CT molecular complexity index is 581. The molecule has 0 aliphatic carbocycles. The topological polar surface area (TPSA) is 71.4 Å². The predicted molar refractivity (Wildman–Crippen MR) is 70.4 cm³/mol. The van der Waals surface area contributed by atoms with Crippen LogP contribution in [0.25, 0.3) is 0 Å². The van der Waals surface area contributed by atoms with E-state index in [1.807, 2.05) is 0 Å². The molecule has 18 heavy (non-hydrogen) atoms. The molecule has 0 bridgehead atoms. The van der Waals surface area contributed by atoms with Gasteiger partial charge in [0.2, 0.25) is 0 Å². The fraction of sp³-hybridized carbons (Fsp3) is 0.364. The van der Waals surface area contributed by atoms with Gasteiger partial charge in [0.1, 0.15) is 0 Å². The second-order valence-corrected chi connectivity index (χ2v) is 6.98. The Morgan fingerprint density at radius 3 is 2.39 bits per heavy atom. The average molecular weight is 311 g/mol. The third kappa shape index (κ3) is 2.79. The van der Waals surface area contributed by atoms with Crippen LogP contribution in [0.15, 0.2) is 17.0 Å². The van der Waals surface area contributed by atoms with Gasteiger partial charge in [0.15, 0.2) is 9.84 Å². The molecule has 1 aromatic rings. The van der Waals surface area contributed by atoms with E-state index < -0.39 is 21.1 Å². The number of carbonyl (C=O) groups is 1. The summed E-state index contributed by atoms with van der Waals surface area (Å²) in [6.07, 6.45) is 0.396. The smallest absolute Gasteiger partial charge is 0.337 e. The number of carboxylic acid groups (broad SMARTS) is 1. The summed E-state index contributed by atoms with van der Waals surface area (Å²) in [4.78, 5) is 10.7. The van der Waals surface area contributed by atoms with E-state index in [-0.39, 0.29) is 20.5 Å². The van der Waals surface area contributed by atoms with Crippen LogP contribution >= 0.6 is 23.2 Å². The summed E-state index contributed by atoms with van der Waals surface area (Å²) >= 11 is 11.6. The van der Waals surface area contributed by atoms with Gasteiger partial charge in [-0.1, -0.05) is 30.1 Å². The van der Waals surface area contributed by atoms with E-state index in [0.29, 0.717) is 6.42 Å². The maximum Gasteiger partial charge on any atom is 0.337 e. The molecular weight excluding hydrogens is 299 g/mol. The summed E-state index contributed by atoms with van der Waals surface area (Å²) in [5.41, 5.74) is -0.314. The second kappa shape index (κ2) is 5.47. The van der Waals surface area contributed by atoms with Crippen molar-refractivity contribution in [1.29, 1.82) is 0 Å². The van der Waals surface area contributed by atoms with E-state index in [1.165, 1.54) is 13.0 Å². The van der Waals surface area contributed by atoms with Crippen LogP contribution in [0.1, 0.15) is 30.6 Å². The number of aromatic carboxylic acids is 1. The standard InChI is InChI=1S/C11H12Cl2O4S/c1-3-6(2)18(16,17)9-5-7(12)4-8(10(9)13)11(14)15/h4-6H,3H2,1-2H3,(H,14,15). The molecule has 0 amide bonds. The molecule has 0 radical (unpaired) electrons. The molecule has 0 saturated carbocycles. The first-order valence-corrected chi connectivity index (χ1v) is 7.48. The Labute approximate surface area is 115 Å². The number of sulfone groups is 1. The van der Waals surface area contributed by atoms with Crippen molar-refractivity contribution in [3.8, 4) is 0 Å². The summed E-state index contributed by atoms with van der Waals surface area (Å²) in [7, 11) is -3.68. The lowest BCUT2D eigenvalue weighted by atomic mass is 10.2. The zero-order valence-corrected chi connectivity index (χ0v) is 12.1. The van der Waals surface area contributed by atoms with Crippen molar-refractivity contribution in [2.24, 2.45) is 0 Å². The molecule has 1 aromatic carbocycles. The third-order valence-electron chi connectivity index (χ3n) is 2.65. The van der Waals surface area contributed by atoms with E-state index in [9.17, 15) is 13.2 Å². The highest BCUT2D eigenvalue weighted by Crippen LogP contribution is 2.32. The van der Waals surface area contributed by atoms with Gasteiger partial charge in [-0.05, 0) is 25.5 Å². The zero-order valence-electron chi connectivity index (χ0n) is 9.78. The van der Waals surface area contributed by atoms with Gasteiger partial charge >= 0.3 is 5.97 Å². The molecule has 0 saturated heterocycles. The SMILES string of the molecule is CCC(C)S(=O)(=O)c1cc(Cl)cc(C(=O)O)c1Cl. The first-order chi connectivity index (χ1) is 8.21. The Kier molecular flexibility index (Phi) is 4.64. The van der Waals surface area contributed by atoms with Gasteiger partial charge in [-0.25, -0.2) is 13.2 Å². The van der Waals surface area contributed by atoms with Crippen LogP contribution in [0.5, 0.6) is 0 Å². The molecule has 1 N–H and O–H groups in total. The van der Waals surface area contributed by atoms with Gasteiger partial charge in [0.25, 0.3) is 0 Å². The van der Waals surface area contributed by atoms with Crippen LogP contribution < -0.4 is 0 Å². The van der Waals surface area contributed by atoms with E-state index in [1.54, 1.807) is 6.92 Å². The van der Waals surface area contributed by atoms with Gasteiger partial charge in [0, 0.05) is 5.02 Å². The largest absolute Gasteiger partial charge is 0.478 e. The molecule has 0 aliphatic heterocycles. The number of hydrogen-bond acceptors (Lipinski definition) is 3. The number of rotatable bonds is 4. The van der Waals surface area contributed by atoms with E-state index in [0.717, 1.165) is 6.07 Å². The fourth-order valence-electron chi connectivity index (χ4n) is 1.36. The molecule has 4 nitrogen and oxygen atoms in total. The lowest BCUT2D eigenvalue weighted by Crippen LogP contribution is -2.18. The summed E-state index contributed by atoms with van der Waals surface area (Å²) in [6.45, 7) is 3.26. The van der Waals surface area contributed by atoms with E-state index >= 15 is 0 Å². The molecule has 0 spiro atoms. The van der Waals surface area contributed by atoms with Crippen LogP contribution in [0, 0.1) is 0 Å². The van der Waals surface area contributed by atoms with Crippen molar-refractivity contribution < 1.29 is 18.3 Å². The van der Waals surface area contributed by atoms with Crippen LogP contribution in [0.4, 0.5) is 0 Å². The highest BCUT2D eigenvalue weighted by molar-refractivity contribution is 7.92. The third-order valence-corrected chi connectivity index (χ3v) is 5.71. The van der Waals surface area contributed by atoms with Crippen LogP contribution in [-0.4, -0.2) is 24.7 Å². The first kappa shape index (κ1) is 15.3. The predicted octanol–water partition coefficient (Wildman–Crippen LogP) is 3.26. The lowest BCUT2D eigenvalue weighted by molar-refractivity contribution is 0.0697. The molecule has 1 atom stereocenters. The normalized spacial score (nSPS) is 13.3. The van der Waals surface area contributed by atoms with Gasteiger partial charge in [-0.15, -0.1) is 0 Å². The van der Waals surface area contributed by atoms with Crippen LogP contribution in [-0.2, 0) is 9.84 Å². The summed E-state index contributed by atoms with van der Waals surface area (Å²) in [5.74, 6) is -1.32. The lowest BCUT2D eigenvalue weighted by Gasteiger charge is -2.13. The average Bonchev–Trinajstić information content (AvgIpc) is 2.29. The van der Waals surface area contributed by atoms with Gasteiger partial charge in [-0.2, -0.15) is 0 Å².